The van der Waals surface area contributed by atoms with E-state index in [-0.39, 0.29) is 6.54 Å². The standard InChI is InChI=1S/C17H21N3O4/c1-3-24-16-13(8-6-10-18-16)20-17(22)19-11-14(21)12-7-4-5-9-15(12)23-2/h4-10,14,21H,3,11H2,1-2H3,(H2,19,20,22)/t14-/m0/s1. The molecule has 2 aromatic rings. The molecule has 0 aliphatic heterocycles. The van der Waals surface area contributed by atoms with Crippen molar-refractivity contribution in [2.75, 3.05) is 25.6 Å². The Bertz CT molecular complexity index is 678. The lowest BCUT2D eigenvalue weighted by molar-refractivity contribution is 0.171. The number of ether oxygens (including phenoxy) is 2. The van der Waals surface area contributed by atoms with E-state index in [4.69, 9.17) is 9.47 Å². The zero-order chi connectivity index (χ0) is 17.4. The Balaban J connectivity index is 1.94. The molecule has 0 aliphatic carbocycles. The van der Waals surface area contributed by atoms with Crippen molar-refractivity contribution >= 4 is 11.7 Å². The molecule has 1 heterocycles. The Morgan fingerprint density at radius 2 is 2.08 bits per heavy atom. The summed E-state index contributed by atoms with van der Waals surface area (Å²) in [7, 11) is 1.53. The molecule has 0 saturated carbocycles. The molecule has 0 fully saturated rings. The van der Waals surface area contributed by atoms with E-state index in [0.29, 0.717) is 29.5 Å². The van der Waals surface area contributed by atoms with Gasteiger partial charge in [0.1, 0.15) is 11.4 Å². The number of rotatable bonds is 7. The number of pyridine rings is 1. The average Bonchev–Trinajstić information content (AvgIpc) is 2.61. The molecule has 1 atom stereocenters. The van der Waals surface area contributed by atoms with Crippen molar-refractivity contribution < 1.29 is 19.4 Å². The highest BCUT2D eigenvalue weighted by Crippen LogP contribution is 2.24. The predicted octanol–water partition coefficient (Wildman–Crippen LogP) is 2.34. The first-order valence-electron chi connectivity index (χ1n) is 7.59. The van der Waals surface area contributed by atoms with Gasteiger partial charge in [-0.05, 0) is 25.1 Å². The highest BCUT2D eigenvalue weighted by atomic mass is 16.5. The van der Waals surface area contributed by atoms with Crippen molar-refractivity contribution in [2.24, 2.45) is 0 Å². The quantitative estimate of drug-likeness (QED) is 0.724. The van der Waals surface area contributed by atoms with E-state index in [2.05, 4.69) is 15.6 Å². The fourth-order valence-electron chi connectivity index (χ4n) is 2.15. The third kappa shape index (κ3) is 4.60. The van der Waals surface area contributed by atoms with E-state index in [1.165, 1.54) is 7.11 Å². The summed E-state index contributed by atoms with van der Waals surface area (Å²) in [6.45, 7) is 2.32. The maximum atomic E-state index is 12.0. The van der Waals surface area contributed by atoms with Gasteiger partial charge >= 0.3 is 6.03 Å². The van der Waals surface area contributed by atoms with Crippen molar-refractivity contribution in [1.29, 1.82) is 0 Å². The fourth-order valence-corrected chi connectivity index (χ4v) is 2.15. The number of urea groups is 1. The molecule has 2 amide bonds. The van der Waals surface area contributed by atoms with Crippen LogP contribution in [-0.2, 0) is 0 Å². The highest BCUT2D eigenvalue weighted by Gasteiger charge is 2.14. The third-order valence-electron chi connectivity index (χ3n) is 3.25. The van der Waals surface area contributed by atoms with E-state index in [1.807, 2.05) is 13.0 Å². The molecule has 2 rings (SSSR count). The SMILES string of the molecule is CCOc1ncccc1NC(=O)NC[C@H](O)c1ccccc1OC. The number of nitrogens with zero attached hydrogens (tertiary/aromatic N) is 1. The normalized spacial score (nSPS) is 11.5. The van der Waals surface area contributed by atoms with Gasteiger partial charge in [0.05, 0.1) is 19.8 Å². The zero-order valence-electron chi connectivity index (χ0n) is 13.7. The minimum Gasteiger partial charge on any atom is -0.496 e. The minimum absolute atomic E-state index is 0.0381. The second-order valence-corrected chi connectivity index (χ2v) is 4.88. The number of carbonyl (C=O) groups excluding carboxylic acids is 1. The molecule has 24 heavy (non-hydrogen) atoms. The number of amides is 2. The van der Waals surface area contributed by atoms with Crippen LogP contribution in [0.25, 0.3) is 0 Å². The summed E-state index contributed by atoms with van der Waals surface area (Å²) in [5.41, 5.74) is 1.07. The number of hydrogen-bond donors (Lipinski definition) is 3. The maximum absolute atomic E-state index is 12.0. The van der Waals surface area contributed by atoms with Gasteiger partial charge in [-0.2, -0.15) is 0 Å². The molecule has 0 radical (unpaired) electrons. The van der Waals surface area contributed by atoms with Crippen LogP contribution in [0.4, 0.5) is 10.5 Å². The van der Waals surface area contributed by atoms with Crippen molar-refractivity contribution in [2.45, 2.75) is 13.0 Å². The van der Waals surface area contributed by atoms with Crippen LogP contribution in [0.3, 0.4) is 0 Å². The molecule has 0 aliphatic rings. The monoisotopic (exact) mass is 331 g/mol. The number of aliphatic hydroxyl groups is 1. The van der Waals surface area contributed by atoms with Crippen LogP contribution in [0.2, 0.25) is 0 Å². The summed E-state index contributed by atoms with van der Waals surface area (Å²) in [5, 5.41) is 15.5. The second kappa shape index (κ2) is 8.73. The number of methoxy groups -OCH3 is 1. The molecule has 1 aromatic heterocycles. The van der Waals surface area contributed by atoms with Crippen LogP contribution >= 0.6 is 0 Å². The predicted molar refractivity (Wildman–Crippen MR) is 90.4 cm³/mol. The lowest BCUT2D eigenvalue weighted by atomic mass is 10.1. The maximum Gasteiger partial charge on any atom is 0.319 e. The van der Waals surface area contributed by atoms with Gasteiger partial charge in [-0.25, -0.2) is 9.78 Å². The first-order valence-corrected chi connectivity index (χ1v) is 7.59. The molecule has 7 heteroatoms. The van der Waals surface area contributed by atoms with Crippen LogP contribution < -0.4 is 20.1 Å². The van der Waals surface area contributed by atoms with Crippen molar-refractivity contribution in [3.8, 4) is 11.6 Å². The Morgan fingerprint density at radius 1 is 1.29 bits per heavy atom. The highest BCUT2D eigenvalue weighted by molar-refractivity contribution is 5.90. The summed E-state index contributed by atoms with van der Waals surface area (Å²) < 4.78 is 10.5. The molecule has 3 N–H and O–H groups in total. The summed E-state index contributed by atoms with van der Waals surface area (Å²) in [5.74, 6) is 0.915. The molecule has 0 saturated heterocycles. The number of aromatic nitrogens is 1. The van der Waals surface area contributed by atoms with E-state index in [1.54, 1.807) is 36.5 Å². The molecular formula is C17H21N3O4. The zero-order valence-corrected chi connectivity index (χ0v) is 13.7. The summed E-state index contributed by atoms with van der Waals surface area (Å²) in [6, 6.07) is 10.0. The Kier molecular flexibility index (Phi) is 6.39. The van der Waals surface area contributed by atoms with Crippen LogP contribution in [0.5, 0.6) is 11.6 Å². The summed E-state index contributed by atoms with van der Waals surface area (Å²) in [4.78, 5) is 16.1. The van der Waals surface area contributed by atoms with Gasteiger partial charge in [-0.1, -0.05) is 18.2 Å². The third-order valence-corrected chi connectivity index (χ3v) is 3.25. The molecule has 7 nitrogen and oxygen atoms in total. The van der Waals surface area contributed by atoms with Crippen LogP contribution in [-0.4, -0.2) is 36.4 Å². The van der Waals surface area contributed by atoms with Crippen LogP contribution in [0, 0.1) is 0 Å². The minimum atomic E-state index is -0.882. The first kappa shape index (κ1) is 17.6. The topological polar surface area (TPSA) is 92.7 Å². The van der Waals surface area contributed by atoms with Gasteiger partial charge < -0.3 is 25.2 Å². The molecule has 128 valence electrons. The second-order valence-electron chi connectivity index (χ2n) is 4.88. The first-order chi connectivity index (χ1) is 11.7. The number of nitrogens with one attached hydrogen (secondary N) is 2. The van der Waals surface area contributed by atoms with Gasteiger partial charge in [-0.15, -0.1) is 0 Å². The van der Waals surface area contributed by atoms with E-state index in [9.17, 15) is 9.90 Å². The number of aliphatic hydroxyl groups excluding tert-OH is 1. The van der Waals surface area contributed by atoms with Crippen LogP contribution in [0.15, 0.2) is 42.6 Å². The van der Waals surface area contributed by atoms with Gasteiger partial charge in [0.2, 0.25) is 5.88 Å². The van der Waals surface area contributed by atoms with Crippen molar-refractivity contribution in [1.82, 2.24) is 10.3 Å². The van der Waals surface area contributed by atoms with Crippen molar-refractivity contribution in [3.05, 3.63) is 48.2 Å². The number of carbonyl (C=O) groups is 1. The number of benzene rings is 1. The van der Waals surface area contributed by atoms with Crippen LogP contribution in [0.1, 0.15) is 18.6 Å². The van der Waals surface area contributed by atoms with Gasteiger partial charge in [0, 0.05) is 18.3 Å². The smallest absolute Gasteiger partial charge is 0.319 e. The van der Waals surface area contributed by atoms with Gasteiger partial charge in [0.25, 0.3) is 0 Å². The Hall–Kier alpha value is -2.80. The number of hydrogen-bond acceptors (Lipinski definition) is 5. The molecule has 0 spiro atoms. The number of anilines is 1. The molecule has 0 unspecified atom stereocenters. The lowest BCUT2D eigenvalue weighted by Gasteiger charge is -2.16. The van der Waals surface area contributed by atoms with Crippen molar-refractivity contribution in [3.63, 3.8) is 0 Å². The largest absolute Gasteiger partial charge is 0.496 e. The average molecular weight is 331 g/mol. The molecular weight excluding hydrogens is 310 g/mol. The van der Waals surface area contributed by atoms with E-state index >= 15 is 0 Å². The number of para-hydroxylation sites is 1. The summed E-state index contributed by atoms with van der Waals surface area (Å²) >= 11 is 0. The lowest BCUT2D eigenvalue weighted by Crippen LogP contribution is -2.32. The van der Waals surface area contributed by atoms with E-state index < -0.39 is 12.1 Å². The Morgan fingerprint density at radius 3 is 2.83 bits per heavy atom. The van der Waals surface area contributed by atoms with E-state index in [0.717, 1.165) is 0 Å². The van der Waals surface area contributed by atoms with Gasteiger partial charge in [0.15, 0.2) is 0 Å². The molecule has 0 bridgehead atoms. The molecule has 1 aromatic carbocycles. The Labute approximate surface area is 140 Å². The van der Waals surface area contributed by atoms with Gasteiger partial charge in [-0.3, -0.25) is 0 Å². The fraction of sp³-hybridized carbons (Fsp3) is 0.294. The summed E-state index contributed by atoms with van der Waals surface area (Å²) in [6.07, 6.45) is 0.701.